The summed E-state index contributed by atoms with van der Waals surface area (Å²) in [5.74, 6) is 0.584. The molecule has 0 unspecified atom stereocenters. The SMILES string of the molecule is COc1ccc(-c2nnc(NC(=O)c3cc[nH]c3C)s2)cc1. The maximum atomic E-state index is 12.1. The van der Waals surface area contributed by atoms with E-state index in [2.05, 4.69) is 20.5 Å². The number of nitrogens with one attached hydrogen (secondary N) is 2. The van der Waals surface area contributed by atoms with Crippen molar-refractivity contribution in [2.45, 2.75) is 6.92 Å². The van der Waals surface area contributed by atoms with Gasteiger partial charge in [0.2, 0.25) is 5.13 Å². The van der Waals surface area contributed by atoms with Crippen molar-refractivity contribution in [3.8, 4) is 16.3 Å². The molecule has 0 aliphatic carbocycles. The van der Waals surface area contributed by atoms with Crippen molar-refractivity contribution in [1.82, 2.24) is 15.2 Å². The number of hydrogen-bond acceptors (Lipinski definition) is 5. The summed E-state index contributed by atoms with van der Waals surface area (Å²) in [4.78, 5) is 15.1. The van der Waals surface area contributed by atoms with E-state index in [-0.39, 0.29) is 5.91 Å². The van der Waals surface area contributed by atoms with Crippen molar-refractivity contribution in [3.63, 3.8) is 0 Å². The fourth-order valence-electron chi connectivity index (χ4n) is 1.99. The number of aryl methyl sites for hydroxylation is 1. The highest BCUT2D eigenvalue weighted by Crippen LogP contribution is 2.28. The van der Waals surface area contributed by atoms with E-state index in [0.29, 0.717) is 10.7 Å². The predicted octanol–water partition coefficient (Wildman–Crippen LogP) is 3.10. The number of benzene rings is 1. The van der Waals surface area contributed by atoms with Gasteiger partial charge >= 0.3 is 0 Å². The molecule has 3 rings (SSSR count). The van der Waals surface area contributed by atoms with Gasteiger partial charge in [-0.3, -0.25) is 10.1 Å². The summed E-state index contributed by atoms with van der Waals surface area (Å²) in [7, 11) is 1.62. The number of rotatable bonds is 4. The molecule has 6 nitrogen and oxygen atoms in total. The first-order valence-electron chi connectivity index (χ1n) is 6.60. The molecule has 112 valence electrons. The van der Waals surface area contributed by atoms with Crippen molar-refractivity contribution in [1.29, 1.82) is 0 Å². The van der Waals surface area contributed by atoms with Gasteiger partial charge in [0.05, 0.1) is 12.7 Å². The van der Waals surface area contributed by atoms with Crippen LogP contribution in [0.4, 0.5) is 5.13 Å². The number of anilines is 1. The normalized spacial score (nSPS) is 10.5. The number of carbonyl (C=O) groups excluding carboxylic acids is 1. The van der Waals surface area contributed by atoms with E-state index in [9.17, 15) is 4.79 Å². The van der Waals surface area contributed by atoms with Gasteiger partial charge in [-0.15, -0.1) is 10.2 Å². The number of aromatic amines is 1. The number of aromatic nitrogens is 3. The van der Waals surface area contributed by atoms with E-state index in [4.69, 9.17) is 4.74 Å². The van der Waals surface area contributed by atoms with Gasteiger partial charge in [0.1, 0.15) is 10.8 Å². The highest BCUT2D eigenvalue weighted by atomic mass is 32.1. The maximum Gasteiger partial charge on any atom is 0.259 e. The van der Waals surface area contributed by atoms with Gasteiger partial charge in [-0.25, -0.2) is 0 Å². The number of methoxy groups -OCH3 is 1. The van der Waals surface area contributed by atoms with E-state index < -0.39 is 0 Å². The van der Waals surface area contributed by atoms with Crippen LogP contribution < -0.4 is 10.1 Å². The number of ether oxygens (including phenoxy) is 1. The molecule has 2 aromatic heterocycles. The van der Waals surface area contributed by atoms with Crippen LogP contribution in [0.5, 0.6) is 5.75 Å². The lowest BCUT2D eigenvalue weighted by Gasteiger charge is -2.00. The number of amides is 1. The molecule has 22 heavy (non-hydrogen) atoms. The largest absolute Gasteiger partial charge is 0.497 e. The zero-order chi connectivity index (χ0) is 15.5. The van der Waals surface area contributed by atoms with Gasteiger partial charge in [0, 0.05) is 17.5 Å². The molecule has 7 heteroatoms. The van der Waals surface area contributed by atoms with E-state index in [0.717, 1.165) is 22.0 Å². The molecule has 0 spiro atoms. The van der Waals surface area contributed by atoms with Crippen LogP contribution in [0.1, 0.15) is 16.1 Å². The molecule has 0 aliphatic heterocycles. The number of H-pyrrole nitrogens is 1. The Morgan fingerprint density at radius 1 is 1.23 bits per heavy atom. The summed E-state index contributed by atoms with van der Waals surface area (Å²) in [5, 5.41) is 12.1. The van der Waals surface area contributed by atoms with E-state index in [1.807, 2.05) is 31.2 Å². The van der Waals surface area contributed by atoms with Crippen LogP contribution >= 0.6 is 11.3 Å². The molecule has 0 bridgehead atoms. The lowest BCUT2D eigenvalue weighted by atomic mass is 10.2. The number of hydrogen-bond donors (Lipinski definition) is 2. The summed E-state index contributed by atoms with van der Waals surface area (Å²) in [6, 6.07) is 9.26. The third-order valence-corrected chi connectivity index (χ3v) is 4.07. The Kier molecular flexibility index (Phi) is 3.88. The summed E-state index contributed by atoms with van der Waals surface area (Å²) in [6.07, 6.45) is 1.73. The molecule has 1 aromatic carbocycles. The molecule has 0 saturated carbocycles. The molecule has 1 amide bonds. The Morgan fingerprint density at radius 3 is 2.64 bits per heavy atom. The molecule has 3 aromatic rings. The molecular weight excluding hydrogens is 300 g/mol. The zero-order valence-corrected chi connectivity index (χ0v) is 12.9. The predicted molar refractivity (Wildman–Crippen MR) is 85.4 cm³/mol. The Bertz CT molecular complexity index is 792. The second-order valence-corrected chi connectivity index (χ2v) is 5.59. The lowest BCUT2D eigenvalue weighted by molar-refractivity contribution is 0.102. The number of nitrogens with zero attached hydrogens (tertiary/aromatic N) is 2. The average molecular weight is 314 g/mol. The van der Waals surface area contributed by atoms with Gasteiger partial charge in [0.15, 0.2) is 0 Å². The van der Waals surface area contributed by atoms with Crippen LogP contribution in [0.2, 0.25) is 0 Å². The van der Waals surface area contributed by atoms with Gasteiger partial charge < -0.3 is 9.72 Å². The zero-order valence-electron chi connectivity index (χ0n) is 12.1. The lowest BCUT2D eigenvalue weighted by Crippen LogP contribution is -2.12. The topological polar surface area (TPSA) is 79.9 Å². The molecule has 2 heterocycles. The van der Waals surface area contributed by atoms with Gasteiger partial charge in [-0.1, -0.05) is 11.3 Å². The molecule has 2 N–H and O–H groups in total. The van der Waals surface area contributed by atoms with Crippen LogP contribution in [-0.4, -0.2) is 28.2 Å². The Morgan fingerprint density at radius 2 is 2.00 bits per heavy atom. The number of carbonyl (C=O) groups is 1. The molecule has 0 saturated heterocycles. The fraction of sp³-hybridized carbons (Fsp3) is 0.133. The molecule has 0 atom stereocenters. The van der Waals surface area contributed by atoms with Gasteiger partial charge in [-0.05, 0) is 37.3 Å². The van der Waals surface area contributed by atoms with Crippen molar-refractivity contribution in [3.05, 3.63) is 47.8 Å². The second-order valence-electron chi connectivity index (χ2n) is 4.61. The molecule has 0 fully saturated rings. The van der Waals surface area contributed by atoms with Crippen LogP contribution in [0, 0.1) is 6.92 Å². The standard InChI is InChI=1S/C15H14N4O2S/c1-9-12(7-8-16-9)13(20)17-15-19-18-14(22-15)10-3-5-11(21-2)6-4-10/h3-8,16H,1-2H3,(H,17,19,20). The van der Waals surface area contributed by atoms with Crippen molar-refractivity contribution >= 4 is 22.4 Å². The monoisotopic (exact) mass is 314 g/mol. The van der Waals surface area contributed by atoms with Crippen LogP contribution in [0.3, 0.4) is 0 Å². The third-order valence-electron chi connectivity index (χ3n) is 3.18. The maximum absolute atomic E-state index is 12.1. The fourth-order valence-corrected chi connectivity index (χ4v) is 2.73. The Hall–Kier alpha value is -2.67. The van der Waals surface area contributed by atoms with E-state index in [1.54, 1.807) is 19.4 Å². The minimum atomic E-state index is -0.198. The quantitative estimate of drug-likeness (QED) is 0.775. The van der Waals surface area contributed by atoms with E-state index >= 15 is 0 Å². The minimum absolute atomic E-state index is 0.198. The first kappa shape index (κ1) is 14.3. The summed E-state index contributed by atoms with van der Waals surface area (Å²) < 4.78 is 5.12. The molecular formula is C15H14N4O2S. The Balaban J connectivity index is 1.76. The first-order valence-corrected chi connectivity index (χ1v) is 7.42. The van der Waals surface area contributed by atoms with Crippen LogP contribution in [0.15, 0.2) is 36.5 Å². The summed E-state index contributed by atoms with van der Waals surface area (Å²) >= 11 is 1.33. The third kappa shape index (κ3) is 2.84. The van der Waals surface area contributed by atoms with Gasteiger partial charge in [-0.2, -0.15) is 0 Å². The van der Waals surface area contributed by atoms with Crippen molar-refractivity contribution < 1.29 is 9.53 Å². The first-order chi connectivity index (χ1) is 10.7. The second kappa shape index (κ2) is 5.98. The van der Waals surface area contributed by atoms with Crippen LogP contribution in [-0.2, 0) is 0 Å². The summed E-state index contributed by atoms with van der Waals surface area (Å²) in [5.41, 5.74) is 2.34. The molecule has 0 radical (unpaired) electrons. The summed E-state index contributed by atoms with van der Waals surface area (Å²) in [6.45, 7) is 1.85. The highest BCUT2D eigenvalue weighted by molar-refractivity contribution is 7.18. The highest BCUT2D eigenvalue weighted by Gasteiger charge is 2.13. The smallest absolute Gasteiger partial charge is 0.259 e. The van der Waals surface area contributed by atoms with Crippen molar-refractivity contribution in [2.75, 3.05) is 12.4 Å². The van der Waals surface area contributed by atoms with Crippen LogP contribution in [0.25, 0.3) is 10.6 Å². The van der Waals surface area contributed by atoms with Crippen molar-refractivity contribution in [2.24, 2.45) is 0 Å². The average Bonchev–Trinajstić information content (AvgIpc) is 3.16. The minimum Gasteiger partial charge on any atom is -0.497 e. The van der Waals surface area contributed by atoms with E-state index in [1.165, 1.54) is 11.3 Å². The Labute approximate surface area is 131 Å². The van der Waals surface area contributed by atoms with Gasteiger partial charge in [0.25, 0.3) is 5.91 Å². The molecule has 0 aliphatic rings.